The third-order valence-electron chi connectivity index (χ3n) is 4.29. The molecule has 0 radical (unpaired) electrons. The highest BCUT2D eigenvalue weighted by molar-refractivity contribution is 5.01. The summed E-state index contributed by atoms with van der Waals surface area (Å²) in [4.78, 5) is 2.46. The van der Waals surface area contributed by atoms with E-state index in [0.29, 0.717) is 18.4 Å². The predicted octanol–water partition coefficient (Wildman–Crippen LogP) is 0.428. The molecule has 0 saturated carbocycles. The molecule has 3 N–H and O–H groups in total. The van der Waals surface area contributed by atoms with E-state index in [1.807, 2.05) is 0 Å². The number of hydrogen-bond acceptors (Lipinski definition) is 3. The van der Waals surface area contributed by atoms with Crippen LogP contribution in [0.25, 0.3) is 0 Å². The van der Waals surface area contributed by atoms with Crippen molar-refractivity contribution < 1.29 is 5.11 Å². The Kier molecular flexibility index (Phi) is 2.82. The van der Waals surface area contributed by atoms with Crippen LogP contribution in [0.2, 0.25) is 0 Å². The van der Waals surface area contributed by atoms with Crippen LogP contribution >= 0.6 is 0 Å². The quantitative estimate of drug-likeness (QED) is 0.691. The number of rotatable bonds is 3. The van der Waals surface area contributed by atoms with Crippen molar-refractivity contribution in [2.24, 2.45) is 17.6 Å². The summed E-state index contributed by atoms with van der Waals surface area (Å²) in [6.45, 7) is 6.09. The van der Waals surface area contributed by atoms with E-state index in [2.05, 4.69) is 11.8 Å². The molecule has 0 amide bonds. The summed E-state index contributed by atoms with van der Waals surface area (Å²) in [6, 6.07) is 0. The van der Waals surface area contributed by atoms with Crippen LogP contribution < -0.4 is 5.73 Å². The molecule has 4 atom stereocenters. The Labute approximate surface area is 86.3 Å². The highest BCUT2D eigenvalue weighted by Gasteiger charge is 2.48. The molecule has 82 valence electrons. The van der Waals surface area contributed by atoms with Crippen molar-refractivity contribution in [3.05, 3.63) is 0 Å². The van der Waals surface area contributed by atoms with Crippen molar-refractivity contribution in [3.63, 3.8) is 0 Å². The van der Waals surface area contributed by atoms with Gasteiger partial charge in [-0.1, -0.05) is 6.92 Å². The number of nitrogens with zero attached hydrogens (tertiary/aromatic N) is 1. The van der Waals surface area contributed by atoms with Crippen molar-refractivity contribution in [1.29, 1.82) is 0 Å². The molecule has 14 heavy (non-hydrogen) atoms. The summed E-state index contributed by atoms with van der Waals surface area (Å²) in [5.74, 6) is 0.775. The van der Waals surface area contributed by atoms with Gasteiger partial charge in [-0.15, -0.1) is 0 Å². The highest BCUT2D eigenvalue weighted by Crippen LogP contribution is 2.41. The monoisotopic (exact) mass is 198 g/mol. The molecule has 2 aliphatic rings. The summed E-state index contributed by atoms with van der Waals surface area (Å²) < 4.78 is 0. The molecule has 2 fully saturated rings. The third-order valence-corrected chi connectivity index (χ3v) is 4.29. The second kappa shape index (κ2) is 3.80. The minimum atomic E-state index is -0.462. The number of hydrogen-bond donors (Lipinski definition) is 2. The van der Waals surface area contributed by atoms with Crippen LogP contribution in [0.3, 0.4) is 0 Å². The Balaban J connectivity index is 2.13. The molecule has 0 aromatic heterocycles. The van der Waals surface area contributed by atoms with Crippen LogP contribution in [-0.4, -0.2) is 41.8 Å². The molecule has 0 aromatic carbocycles. The average Bonchev–Trinajstić information content (AvgIpc) is 2.60. The first-order chi connectivity index (χ1) is 6.70. The lowest BCUT2D eigenvalue weighted by Gasteiger charge is -2.43. The SMILES string of the molecule is CCC(CN)C1(O)CCN2CCC1C2. The first-order valence-corrected chi connectivity index (χ1v) is 5.85. The minimum Gasteiger partial charge on any atom is -0.389 e. The first-order valence-electron chi connectivity index (χ1n) is 5.85. The van der Waals surface area contributed by atoms with E-state index in [-0.39, 0.29) is 0 Å². The lowest BCUT2D eigenvalue weighted by molar-refractivity contribution is -0.0890. The molecule has 2 aliphatic heterocycles. The van der Waals surface area contributed by atoms with E-state index in [1.165, 1.54) is 6.54 Å². The number of nitrogens with two attached hydrogens (primary N) is 1. The smallest absolute Gasteiger partial charge is 0.0740 e. The summed E-state index contributed by atoms with van der Waals surface area (Å²) in [5.41, 5.74) is 5.29. The molecule has 3 nitrogen and oxygen atoms in total. The maximum atomic E-state index is 10.7. The van der Waals surface area contributed by atoms with E-state index < -0.39 is 5.60 Å². The van der Waals surface area contributed by atoms with Gasteiger partial charge in [-0.05, 0) is 38.3 Å². The average molecular weight is 198 g/mol. The summed E-state index contributed by atoms with van der Waals surface area (Å²) in [7, 11) is 0. The number of aliphatic hydroxyl groups is 1. The molecule has 0 aromatic rings. The van der Waals surface area contributed by atoms with Crippen LogP contribution in [0.4, 0.5) is 0 Å². The van der Waals surface area contributed by atoms with Crippen LogP contribution in [0, 0.1) is 11.8 Å². The summed E-state index contributed by atoms with van der Waals surface area (Å²) in [6.07, 6.45) is 3.09. The zero-order valence-electron chi connectivity index (χ0n) is 9.08. The fourth-order valence-electron chi connectivity index (χ4n) is 3.25. The molecule has 2 heterocycles. The highest BCUT2D eigenvalue weighted by atomic mass is 16.3. The lowest BCUT2D eigenvalue weighted by atomic mass is 9.72. The van der Waals surface area contributed by atoms with Gasteiger partial charge in [-0.2, -0.15) is 0 Å². The van der Waals surface area contributed by atoms with Gasteiger partial charge in [0.1, 0.15) is 0 Å². The van der Waals surface area contributed by atoms with Crippen molar-refractivity contribution in [1.82, 2.24) is 4.90 Å². The molecule has 2 bridgehead atoms. The van der Waals surface area contributed by atoms with Gasteiger partial charge in [0.05, 0.1) is 5.60 Å². The van der Waals surface area contributed by atoms with Crippen LogP contribution in [0.5, 0.6) is 0 Å². The fraction of sp³-hybridized carbons (Fsp3) is 1.00. The number of piperidine rings is 1. The van der Waals surface area contributed by atoms with E-state index in [0.717, 1.165) is 32.4 Å². The lowest BCUT2D eigenvalue weighted by Crippen LogP contribution is -2.53. The van der Waals surface area contributed by atoms with Gasteiger partial charge in [0.2, 0.25) is 0 Å². The topological polar surface area (TPSA) is 49.5 Å². The van der Waals surface area contributed by atoms with Crippen molar-refractivity contribution in [3.8, 4) is 0 Å². The molecular formula is C11H22N2O. The maximum Gasteiger partial charge on any atom is 0.0740 e. The Bertz CT molecular complexity index is 201. The third kappa shape index (κ3) is 1.47. The fourth-order valence-corrected chi connectivity index (χ4v) is 3.25. The van der Waals surface area contributed by atoms with E-state index in [1.54, 1.807) is 0 Å². The van der Waals surface area contributed by atoms with Crippen molar-refractivity contribution in [2.75, 3.05) is 26.2 Å². The molecule has 4 unspecified atom stereocenters. The first kappa shape index (κ1) is 10.4. The van der Waals surface area contributed by atoms with E-state index in [4.69, 9.17) is 5.73 Å². The minimum absolute atomic E-state index is 0.299. The van der Waals surface area contributed by atoms with Crippen molar-refractivity contribution >= 4 is 0 Å². The maximum absolute atomic E-state index is 10.7. The second-order valence-corrected chi connectivity index (χ2v) is 4.87. The largest absolute Gasteiger partial charge is 0.389 e. The molecular weight excluding hydrogens is 176 g/mol. The van der Waals surface area contributed by atoms with Crippen molar-refractivity contribution in [2.45, 2.75) is 31.8 Å². The number of fused-ring (bicyclic) bond motifs is 2. The molecule has 2 saturated heterocycles. The molecule has 2 rings (SSSR count). The van der Waals surface area contributed by atoms with Crippen LogP contribution in [-0.2, 0) is 0 Å². The van der Waals surface area contributed by atoms with Gasteiger partial charge in [-0.3, -0.25) is 0 Å². The Morgan fingerprint density at radius 2 is 2.36 bits per heavy atom. The summed E-state index contributed by atoms with van der Waals surface area (Å²) >= 11 is 0. The van der Waals surface area contributed by atoms with Gasteiger partial charge in [0, 0.05) is 19.0 Å². The Morgan fingerprint density at radius 1 is 1.57 bits per heavy atom. The van der Waals surface area contributed by atoms with Gasteiger partial charge < -0.3 is 15.7 Å². The zero-order valence-corrected chi connectivity index (χ0v) is 9.08. The van der Waals surface area contributed by atoms with Crippen LogP contribution in [0.1, 0.15) is 26.2 Å². The van der Waals surface area contributed by atoms with Gasteiger partial charge in [-0.25, -0.2) is 0 Å². The standard InChI is InChI=1S/C11H22N2O/c1-2-9(7-12)11(14)4-6-13-5-3-10(11)8-13/h9-10,14H,2-8,12H2,1H3. The zero-order chi connectivity index (χ0) is 10.2. The molecule has 0 aliphatic carbocycles. The Morgan fingerprint density at radius 3 is 3.00 bits per heavy atom. The molecule has 3 heteroatoms. The predicted molar refractivity (Wildman–Crippen MR) is 56.9 cm³/mol. The van der Waals surface area contributed by atoms with Crippen LogP contribution in [0.15, 0.2) is 0 Å². The van der Waals surface area contributed by atoms with E-state index >= 15 is 0 Å². The van der Waals surface area contributed by atoms with Gasteiger partial charge >= 0.3 is 0 Å². The van der Waals surface area contributed by atoms with Gasteiger partial charge in [0.15, 0.2) is 0 Å². The summed E-state index contributed by atoms with van der Waals surface area (Å²) in [5, 5.41) is 10.7. The second-order valence-electron chi connectivity index (χ2n) is 4.87. The Hall–Kier alpha value is -0.120. The van der Waals surface area contributed by atoms with E-state index in [9.17, 15) is 5.11 Å². The normalized spacial score (nSPS) is 43.9. The van der Waals surface area contributed by atoms with Gasteiger partial charge in [0.25, 0.3) is 0 Å². The molecule has 0 spiro atoms.